The van der Waals surface area contributed by atoms with Crippen LogP contribution in [0.3, 0.4) is 0 Å². The first-order valence-electron chi connectivity index (χ1n) is 19.0. The number of nitrogens with zero attached hydrogens (tertiary/aromatic N) is 2. The summed E-state index contributed by atoms with van der Waals surface area (Å²) in [6.45, 7) is 10.1. The van der Waals surface area contributed by atoms with Gasteiger partial charge in [0, 0.05) is 0 Å². The maximum Gasteiger partial charge on any atom is 0.266 e. The van der Waals surface area contributed by atoms with Gasteiger partial charge in [0.15, 0.2) is 0 Å². The zero-order chi connectivity index (χ0) is 39.7. The van der Waals surface area contributed by atoms with Gasteiger partial charge in [-0.25, -0.2) is 9.80 Å². The predicted octanol–water partition coefficient (Wildman–Crippen LogP) is 11.5. The minimum absolute atomic E-state index is 0.320. The van der Waals surface area contributed by atoms with E-state index in [0.717, 1.165) is 72.3 Å². The molecule has 2 aliphatic heterocycles. The van der Waals surface area contributed by atoms with Crippen molar-refractivity contribution < 1.29 is 19.2 Å². The van der Waals surface area contributed by atoms with E-state index in [2.05, 4.69) is 26.0 Å². The van der Waals surface area contributed by atoms with E-state index in [-0.39, 0.29) is 23.6 Å². The summed E-state index contributed by atoms with van der Waals surface area (Å²) in [5.41, 5.74) is 15.7. The molecule has 6 nitrogen and oxygen atoms in total. The summed E-state index contributed by atoms with van der Waals surface area (Å²) in [5, 5.41) is 0. The fourth-order valence-corrected chi connectivity index (χ4v) is 8.09. The SMILES string of the molecule is Cc1ccc(-c2ccc3c(c2)C(=O)N(c2ccc(-c4cc(C)c(-c5ccc(N6C(=O)c7ccc(-c8ccc(C)cc8)cc7C6=O)c(C)c5)cc4C)cc2)C3=O)cc1. The molecule has 7 aromatic carbocycles. The largest absolute Gasteiger partial charge is 0.268 e. The quantitative estimate of drug-likeness (QED) is 0.159. The van der Waals surface area contributed by atoms with Crippen molar-refractivity contribution in [3.8, 4) is 44.5 Å². The molecule has 276 valence electrons. The third-order valence-corrected chi connectivity index (χ3v) is 11.3. The molecule has 0 bridgehead atoms. The Balaban J connectivity index is 0.946. The number of hydrogen-bond donors (Lipinski definition) is 0. The van der Waals surface area contributed by atoms with Crippen LogP contribution in [0.15, 0.2) is 140 Å². The van der Waals surface area contributed by atoms with E-state index < -0.39 is 0 Å². The number of amides is 4. The van der Waals surface area contributed by atoms with Gasteiger partial charge in [0.1, 0.15) is 0 Å². The third-order valence-electron chi connectivity index (χ3n) is 11.3. The van der Waals surface area contributed by atoms with Crippen LogP contribution in [0.5, 0.6) is 0 Å². The predicted molar refractivity (Wildman–Crippen MR) is 227 cm³/mol. The molecule has 6 heteroatoms. The van der Waals surface area contributed by atoms with Crippen LogP contribution < -0.4 is 9.80 Å². The van der Waals surface area contributed by atoms with Crippen molar-refractivity contribution in [2.45, 2.75) is 34.6 Å². The van der Waals surface area contributed by atoms with E-state index in [1.807, 2.05) is 136 Å². The molecular formula is C51H38N2O4. The molecule has 0 aliphatic carbocycles. The highest BCUT2D eigenvalue weighted by Crippen LogP contribution is 2.38. The lowest BCUT2D eigenvalue weighted by atomic mass is 9.91. The van der Waals surface area contributed by atoms with Crippen LogP contribution >= 0.6 is 0 Å². The second-order valence-corrected chi connectivity index (χ2v) is 15.2. The molecule has 7 aromatic rings. The maximum absolute atomic E-state index is 13.7. The number of carbonyl (C=O) groups is 4. The van der Waals surface area contributed by atoms with Gasteiger partial charge in [-0.1, -0.05) is 102 Å². The number of rotatable bonds is 6. The van der Waals surface area contributed by atoms with Gasteiger partial charge < -0.3 is 0 Å². The van der Waals surface area contributed by atoms with Crippen molar-refractivity contribution in [3.63, 3.8) is 0 Å². The van der Waals surface area contributed by atoms with Crippen LogP contribution in [0.4, 0.5) is 11.4 Å². The molecule has 0 radical (unpaired) electrons. The molecule has 57 heavy (non-hydrogen) atoms. The Morgan fingerprint density at radius 2 is 0.702 bits per heavy atom. The standard InChI is InChI=1S/C51H38N2O4/c1-29-6-10-34(11-7-29)37-16-21-41-45(27-37)50(56)52(48(41)54)40-19-14-36(15-20-40)43-25-32(4)44(26-31(43)3)39-18-23-47(33(5)24-39)53-49(55)42-22-17-38(28-46(42)51(53)57)35-12-8-30(2)9-13-35/h6-28H,1-5H3. The highest BCUT2D eigenvalue weighted by atomic mass is 16.2. The lowest BCUT2D eigenvalue weighted by molar-refractivity contribution is 0.0910. The Kier molecular flexibility index (Phi) is 8.43. The second-order valence-electron chi connectivity index (χ2n) is 15.2. The highest BCUT2D eigenvalue weighted by molar-refractivity contribution is 6.35. The molecule has 0 saturated heterocycles. The van der Waals surface area contributed by atoms with Gasteiger partial charge in [-0.05, 0) is 144 Å². The van der Waals surface area contributed by atoms with E-state index in [4.69, 9.17) is 0 Å². The minimum Gasteiger partial charge on any atom is -0.268 e. The number of aryl methyl sites for hydroxylation is 5. The number of anilines is 2. The van der Waals surface area contributed by atoms with Gasteiger partial charge in [0.25, 0.3) is 23.6 Å². The Hall–Kier alpha value is -7.18. The van der Waals surface area contributed by atoms with Crippen molar-refractivity contribution in [1.29, 1.82) is 0 Å². The fourth-order valence-electron chi connectivity index (χ4n) is 8.09. The van der Waals surface area contributed by atoms with Crippen LogP contribution in [-0.2, 0) is 0 Å². The zero-order valence-electron chi connectivity index (χ0n) is 32.3. The van der Waals surface area contributed by atoms with E-state index in [1.165, 1.54) is 9.80 Å². The van der Waals surface area contributed by atoms with Gasteiger partial charge in [-0.2, -0.15) is 0 Å². The van der Waals surface area contributed by atoms with Crippen molar-refractivity contribution in [1.82, 2.24) is 0 Å². The summed E-state index contributed by atoms with van der Waals surface area (Å²) in [6.07, 6.45) is 0. The molecule has 4 amide bonds. The summed E-state index contributed by atoms with van der Waals surface area (Å²) < 4.78 is 0. The minimum atomic E-state index is -0.329. The number of imide groups is 2. The lowest BCUT2D eigenvalue weighted by Gasteiger charge is -2.19. The molecule has 2 heterocycles. The molecule has 0 spiro atoms. The molecule has 0 N–H and O–H groups in total. The zero-order valence-corrected chi connectivity index (χ0v) is 32.3. The van der Waals surface area contributed by atoms with E-state index >= 15 is 0 Å². The van der Waals surface area contributed by atoms with Crippen molar-refractivity contribution in [2.75, 3.05) is 9.80 Å². The number of hydrogen-bond acceptors (Lipinski definition) is 4. The summed E-state index contributed by atoms with van der Waals surface area (Å²) in [6, 6.07) is 44.8. The summed E-state index contributed by atoms with van der Waals surface area (Å²) in [5.74, 6) is -1.30. The normalized spacial score (nSPS) is 13.4. The average molecular weight is 743 g/mol. The van der Waals surface area contributed by atoms with Gasteiger partial charge in [0.2, 0.25) is 0 Å². The van der Waals surface area contributed by atoms with Gasteiger partial charge in [-0.15, -0.1) is 0 Å². The number of fused-ring (bicyclic) bond motifs is 2. The van der Waals surface area contributed by atoms with Crippen molar-refractivity contribution >= 4 is 35.0 Å². The number of carbonyl (C=O) groups excluding carboxylic acids is 4. The molecule has 2 aliphatic rings. The fraction of sp³-hybridized carbons (Fsp3) is 0.0980. The van der Waals surface area contributed by atoms with E-state index in [1.54, 1.807) is 12.1 Å². The molecule has 0 fully saturated rings. The molecule has 0 atom stereocenters. The van der Waals surface area contributed by atoms with E-state index in [9.17, 15) is 19.2 Å². The summed E-state index contributed by atoms with van der Waals surface area (Å²) in [4.78, 5) is 57.0. The Bertz CT molecular complexity index is 2850. The molecule has 0 unspecified atom stereocenters. The van der Waals surface area contributed by atoms with Crippen molar-refractivity contribution in [2.24, 2.45) is 0 Å². The first-order chi connectivity index (χ1) is 27.5. The van der Waals surface area contributed by atoms with Crippen LogP contribution in [0, 0.1) is 34.6 Å². The highest BCUT2D eigenvalue weighted by Gasteiger charge is 2.38. The number of benzene rings is 7. The lowest BCUT2D eigenvalue weighted by Crippen LogP contribution is -2.30. The molecule has 9 rings (SSSR count). The van der Waals surface area contributed by atoms with Crippen LogP contribution in [0.1, 0.15) is 69.2 Å². The topological polar surface area (TPSA) is 74.8 Å². The Morgan fingerprint density at radius 1 is 0.298 bits per heavy atom. The molecule has 0 saturated carbocycles. The second kappa shape index (κ2) is 13.5. The Morgan fingerprint density at radius 3 is 1.21 bits per heavy atom. The van der Waals surface area contributed by atoms with Crippen LogP contribution in [-0.4, -0.2) is 23.6 Å². The van der Waals surface area contributed by atoms with Gasteiger partial charge in [0.05, 0.1) is 33.6 Å². The van der Waals surface area contributed by atoms with Gasteiger partial charge >= 0.3 is 0 Å². The first-order valence-corrected chi connectivity index (χ1v) is 19.0. The van der Waals surface area contributed by atoms with Crippen molar-refractivity contribution in [3.05, 3.63) is 190 Å². The first kappa shape index (κ1) is 35.5. The average Bonchev–Trinajstić information content (AvgIpc) is 3.62. The Labute approximate surface area is 331 Å². The van der Waals surface area contributed by atoms with E-state index in [0.29, 0.717) is 33.6 Å². The van der Waals surface area contributed by atoms with Crippen LogP contribution in [0.2, 0.25) is 0 Å². The maximum atomic E-state index is 13.7. The van der Waals surface area contributed by atoms with Gasteiger partial charge in [-0.3, -0.25) is 19.2 Å². The molecular weight excluding hydrogens is 705 g/mol. The summed E-state index contributed by atoms with van der Waals surface area (Å²) >= 11 is 0. The molecule has 0 aromatic heterocycles. The smallest absolute Gasteiger partial charge is 0.266 e. The van der Waals surface area contributed by atoms with Crippen LogP contribution in [0.25, 0.3) is 44.5 Å². The summed E-state index contributed by atoms with van der Waals surface area (Å²) in [7, 11) is 0. The third kappa shape index (κ3) is 5.98. The monoisotopic (exact) mass is 742 g/mol.